The van der Waals surface area contributed by atoms with Gasteiger partial charge in [0.15, 0.2) is 12.2 Å². The number of fused-ring (bicyclic) bond motifs is 1. The maximum Gasteiger partial charge on any atom is 0.303 e. The second-order valence-electron chi connectivity index (χ2n) is 25.4. The molecule has 39 heteroatoms. The van der Waals surface area contributed by atoms with Crippen LogP contribution in [0.2, 0.25) is 0 Å². The standard InChI is InChI=1S/C65H92N18O21/c1-32(2)21-41(58(98)77-40(9-5-19-70-65(67)68)64(103)83-20-6-10-46(83)62(102)72-27-48(66)87)76-51(90)28-73-56(96)42(22-33-11-13-36(86)14-12-33)78-61(101)45(29-84)81-59(99)43(23-34-25-71-38-8-4-3-7-37(34)38)79-60(100)44(24-35-26-69-31-74-35)80-57(97)39(15-18-52(91)92)75-49(88)16-17-50(89)82-63-55(95)54(94)53(93)47(30-85)104-63/h3-4,7-8,11-14,25-26,31-32,39-47,53-55,63,71,84-86,93-95H,5-6,9-10,15-24,27-30H2,1-2H3,(H2,66,87)(H,69,74)(H,72,102)(H,73,96)(H,75,88)(H,76,90)(H,77,98)(H,78,101)(H,79,100)(H,80,97)(H,81,99)(H,82,89)(H,91,92)(H4,67,68,70)/t39-,40-,41-,42-,43-,44-,45-,46-,47+,53+,54-,55+,63+/m0/s1. The van der Waals surface area contributed by atoms with Gasteiger partial charge in [-0.05, 0) is 73.8 Å². The number of aliphatic carboxylic acids is 1. The molecule has 13 atom stereocenters. The van der Waals surface area contributed by atoms with Crippen molar-refractivity contribution in [1.29, 1.82) is 0 Å². The summed E-state index contributed by atoms with van der Waals surface area (Å²) in [5.41, 5.74) is 17.9. The number of aliphatic hydroxyl groups excluding tert-OH is 5. The van der Waals surface area contributed by atoms with E-state index in [1.54, 1.807) is 44.3 Å². The Morgan fingerprint density at radius 2 is 1.27 bits per heavy atom. The third-order valence-corrected chi connectivity index (χ3v) is 16.9. The summed E-state index contributed by atoms with van der Waals surface area (Å²) >= 11 is 0. The topological polar surface area (TPSA) is 631 Å². The average Bonchev–Trinajstić information content (AvgIpc) is 1.38. The minimum absolute atomic E-state index is 0.0128. The van der Waals surface area contributed by atoms with Crippen LogP contribution in [0.1, 0.15) is 88.5 Å². The zero-order chi connectivity index (χ0) is 76.3. The predicted octanol–water partition coefficient (Wildman–Crippen LogP) is -7.62. The number of aromatic amines is 2. The molecule has 0 bridgehead atoms. The zero-order valence-electron chi connectivity index (χ0n) is 57.1. The molecule has 0 saturated carbocycles. The molecule has 39 nitrogen and oxygen atoms in total. The number of likely N-dealkylation sites (tertiary alicyclic amines) is 1. The summed E-state index contributed by atoms with van der Waals surface area (Å²) in [7, 11) is 0. The number of para-hydroxylation sites is 1. The highest BCUT2D eigenvalue weighted by Gasteiger charge is 2.45. The Hall–Kier alpha value is -10.9. The molecule has 4 aromatic rings. The van der Waals surface area contributed by atoms with Gasteiger partial charge >= 0.3 is 5.97 Å². The summed E-state index contributed by atoms with van der Waals surface area (Å²) in [6.45, 7) is 0.486. The van der Waals surface area contributed by atoms with E-state index in [0.717, 1.165) is 0 Å². The Kier molecular flexibility index (Phi) is 31.7. The number of aromatic nitrogens is 3. The molecule has 2 aliphatic heterocycles. The molecule has 6 rings (SSSR count). The van der Waals surface area contributed by atoms with Crippen LogP contribution in [0.25, 0.3) is 10.9 Å². The molecule has 2 saturated heterocycles. The van der Waals surface area contributed by atoms with Crippen molar-refractivity contribution in [1.82, 2.24) is 73.0 Å². The van der Waals surface area contributed by atoms with Crippen LogP contribution in [0.3, 0.4) is 0 Å². The number of amides is 12. The number of phenolic OH excluding ortho intramolecular Hbond substituents is 1. The van der Waals surface area contributed by atoms with Crippen molar-refractivity contribution in [2.24, 2.45) is 28.1 Å². The Labute approximate surface area is 594 Å². The van der Waals surface area contributed by atoms with E-state index in [4.69, 9.17) is 21.9 Å². The SMILES string of the molecule is CC(C)C[C@H](NC(=O)CNC(=O)[C@H](Cc1ccc(O)cc1)NC(=O)[C@H](CO)NC(=O)[C@H](Cc1c[nH]c2ccccc12)NC(=O)[C@H](Cc1cnc[nH]1)NC(=O)[C@H](CCC(=O)O)NC(=O)CCC(=O)N[C@@H]1O[C@H](CO)[C@@H](O)[C@H](O)[C@H]1O)C(=O)N[C@@H](CCCN=C(N)N)C(=O)N1CCC[C@H]1C(=O)NCC(N)=O. The van der Waals surface area contributed by atoms with Crippen molar-refractivity contribution < 1.29 is 103 Å². The molecule has 568 valence electrons. The van der Waals surface area contributed by atoms with Gasteiger partial charge in [-0.1, -0.05) is 44.2 Å². The third-order valence-electron chi connectivity index (χ3n) is 16.9. The van der Waals surface area contributed by atoms with E-state index in [2.05, 4.69) is 73.1 Å². The lowest BCUT2D eigenvalue weighted by atomic mass is 9.98. The predicted molar refractivity (Wildman–Crippen MR) is 364 cm³/mol. The van der Waals surface area contributed by atoms with Crippen molar-refractivity contribution in [3.05, 3.63) is 84.1 Å². The van der Waals surface area contributed by atoms with E-state index in [1.165, 1.54) is 41.7 Å². The van der Waals surface area contributed by atoms with Crippen molar-refractivity contribution in [3.63, 3.8) is 0 Å². The molecule has 104 heavy (non-hydrogen) atoms. The second-order valence-corrected chi connectivity index (χ2v) is 25.4. The highest BCUT2D eigenvalue weighted by atomic mass is 16.6. The normalized spacial score (nSPS) is 19.1. The maximum atomic E-state index is 14.7. The fourth-order valence-electron chi connectivity index (χ4n) is 11.5. The summed E-state index contributed by atoms with van der Waals surface area (Å²) in [6.07, 6.45) is -7.05. The Bertz CT molecular complexity index is 3660. The molecule has 0 radical (unpaired) electrons. The lowest BCUT2D eigenvalue weighted by molar-refractivity contribution is -0.236. The first-order chi connectivity index (χ1) is 49.4. The molecule has 25 N–H and O–H groups in total. The van der Waals surface area contributed by atoms with Gasteiger partial charge in [0.1, 0.15) is 78.5 Å². The minimum Gasteiger partial charge on any atom is -0.508 e. The number of benzene rings is 2. The van der Waals surface area contributed by atoms with Crippen molar-refractivity contribution in [2.75, 3.05) is 39.4 Å². The Morgan fingerprint density at radius 3 is 1.90 bits per heavy atom. The van der Waals surface area contributed by atoms with Crippen LogP contribution in [-0.4, -0.2) is 257 Å². The first-order valence-corrected chi connectivity index (χ1v) is 33.5. The van der Waals surface area contributed by atoms with Crippen molar-refractivity contribution >= 4 is 93.7 Å². The van der Waals surface area contributed by atoms with Crippen molar-refractivity contribution in [2.45, 2.75) is 170 Å². The number of aliphatic imine (C=N–C) groups is 1. The number of carbonyl (C=O) groups excluding carboxylic acids is 12. The molecule has 2 aromatic heterocycles. The number of H-pyrrole nitrogens is 2. The number of phenols is 1. The van der Waals surface area contributed by atoms with Gasteiger partial charge in [0, 0.05) is 80.6 Å². The third kappa shape index (κ3) is 25.3. The molecule has 12 amide bonds. The lowest BCUT2D eigenvalue weighted by Gasteiger charge is -2.40. The summed E-state index contributed by atoms with van der Waals surface area (Å²) in [5, 5.41) is 95.8. The van der Waals surface area contributed by atoms with E-state index < -0.39 is 208 Å². The summed E-state index contributed by atoms with van der Waals surface area (Å²) < 4.78 is 5.28. The number of carboxylic acid groups (broad SMARTS) is 1. The number of hydrogen-bond donors (Lipinski definition) is 22. The molecule has 0 spiro atoms. The Morgan fingerprint density at radius 1 is 0.654 bits per heavy atom. The van der Waals surface area contributed by atoms with Gasteiger partial charge in [-0.3, -0.25) is 67.3 Å². The highest BCUT2D eigenvalue weighted by Crippen LogP contribution is 2.24. The number of aliphatic hydroxyl groups is 5. The molecular weight excluding hydrogens is 1370 g/mol. The van der Waals surface area contributed by atoms with Gasteiger partial charge in [-0.15, -0.1) is 0 Å². The molecule has 2 aromatic carbocycles. The van der Waals surface area contributed by atoms with E-state index in [9.17, 15) is 98.1 Å². The quantitative estimate of drug-likeness (QED) is 0.0112. The van der Waals surface area contributed by atoms with Crippen LogP contribution < -0.4 is 70.4 Å². The Balaban J connectivity index is 1.18. The fourth-order valence-corrected chi connectivity index (χ4v) is 11.5. The summed E-state index contributed by atoms with van der Waals surface area (Å²) in [5.74, 6) is -13.2. The van der Waals surface area contributed by atoms with Crippen LogP contribution in [-0.2, 0) is 86.3 Å². The van der Waals surface area contributed by atoms with Crippen LogP contribution in [0, 0.1) is 5.92 Å². The first-order valence-electron chi connectivity index (χ1n) is 33.5. The molecule has 2 aliphatic rings. The number of ether oxygens (including phenoxy) is 1. The van der Waals surface area contributed by atoms with Crippen molar-refractivity contribution in [3.8, 4) is 5.75 Å². The van der Waals surface area contributed by atoms with E-state index in [1.807, 2.05) is 0 Å². The number of primary amides is 1. The zero-order valence-corrected chi connectivity index (χ0v) is 57.1. The molecule has 0 aliphatic carbocycles. The van der Waals surface area contributed by atoms with Crippen LogP contribution in [0.4, 0.5) is 0 Å². The number of nitrogens with one attached hydrogen (secondary N) is 12. The van der Waals surface area contributed by atoms with E-state index in [0.29, 0.717) is 28.5 Å². The number of rotatable bonds is 40. The number of nitrogens with two attached hydrogens (primary N) is 3. The average molecular weight is 1460 g/mol. The maximum absolute atomic E-state index is 14.7. The number of guanidine groups is 1. The summed E-state index contributed by atoms with van der Waals surface area (Å²) in [4.78, 5) is 192. The molecule has 0 unspecified atom stereocenters. The minimum atomic E-state index is -1.89. The van der Waals surface area contributed by atoms with Crippen LogP contribution in [0.5, 0.6) is 5.75 Å². The van der Waals surface area contributed by atoms with Gasteiger partial charge < -0.3 is 126 Å². The number of imidazole rings is 1. The number of hydrogen-bond acceptors (Lipinski definition) is 22. The van der Waals surface area contributed by atoms with Gasteiger partial charge in [-0.25, -0.2) is 4.98 Å². The number of carboxylic acids is 1. The smallest absolute Gasteiger partial charge is 0.303 e. The van der Waals surface area contributed by atoms with Gasteiger partial charge in [-0.2, -0.15) is 0 Å². The van der Waals surface area contributed by atoms with Gasteiger partial charge in [0.25, 0.3) is 0 Å². The largest absolute Gasteiger partial charge is 0.508 e. The number of carbonyl (C=O) groups is 13. The van der Waals surface area contributed by atoms with Gasteiger partial charge in [0.05, 0.1) is 32.6 Å². The summed E-state index contributed by atoms with van der Waals surface area (Å²) in [6, 6.07) is 0.172. The highest BCUT2D eigenvalue weighted by molar-refractivity contribution is 5.99. The fraction of sp³-hybridized carbons (Fsp3) is 0.523. The van der Waals surface area contributed by atoms with E-state index >= 15 is 0 Å². The second kappa shape index (κ2) is 40.1. The van der Waals surface area contributed by atoms with Crippen LogP contribution in [0.15, 0.2) is 72.2 Å². The molecule has 4 heterocycles. The molecule has 2 fully saturated rings. The lowest BCUT2D eigenvalue weighted by Crippen LogP contribution is -2.63. The monoisotopic (exact) mass is 1460 g/mol. The molecular formula is C65H92N18O21. The number of nitrogens with zero attached hydrogens (tertiary/aromatic N) is 3. The number of aromatic hydroxyl groups is 1. The van der Waals surface area contributed by atoms with Crippen LogP contribution >= 0.6 is 0 Å². The van der Waals surface area contributed by atoms with E-state index in [-0.39, 0.29) is 81.4 Å². The first kappa shape index (κ1) is 82.1. The van der Waals surface area contributed by atoms with Gasteiger partial charge in [0.2, 0.25) is 70.9 Å².